The molecule has 2 rings (SSSR count). The molecule has 0 aliphatic rings. The van der Waals surface area contributed by atoms with Crippen LogP contribution in [0.2, 0.25) is 5.15 Å². The van der Waals surface area contributed by atoms with Gasteiger partial charge in [-0.2, -0.15) is 5.10 Å². The lowest BCUT2D eigenvalue weighted by atomic mass is 10.2. The minimum atomic E-state index is -0.287. The molecule has 6 heteroatoms. The maximum atomic E-state index is 12.5. The number of carbonyl (C=O) groups excluding carboxylic acids is 1. The summed E-state index contributed by atoms with van der Waals surface area (Å²) in [5.41, 5.74) is 0.834. The average molecular weight is 293 g/mol. The summed E-state index contributed by atoms with van der Waals surface area (Å²) in [5.74, 6) is 0.0103. The lowest BCUT2D eigenvalue weighted by Crippen LogP contribution is -2.34. The van der Waals surface area contributed by atoms with Crippen molar-refractivity contribution in [3.63, 3.8) is 0 Å². The second-order valence-corrected chi connectivity index (χ2v) is 4.92. The number of aromatic nitrogens is 3. The van der Waals surface area contributed by atoms with Crippen LogP contribution >= 0.6 is 11.6 Å². The molecule has 0 bridgehead atoms. The predicted molar refractivity (Wildman–Crippen MR) is 77.3 cm³/mol. The van der Waals surface area contributed by atoms with Crippen molar-refractivity contribution in [1.29, 1.82) is 0 Å². The van der Waals surface area contributed by atoms with Crippen LogP contribution in [0.25, 0.3) is 0 Å². The van der Waals surface area contributed by atoms with Crippen molar-refractivity contribution in [3.05, 3.63) is 47.5 Å². The highest BCUT2D eigenvalue weighted by Gasteiger charge is 2.22. The Hall–Kier alpha value is -1.88. The van der Waals surface area contributed by atoms with E-state index in [1.54, 1.807) is 35.2 Å². The van der Waals surface area contributed by atoms with E-state index in [-0.39, 0.29) is 11.9 Å². The van der Waals surface area contributed by atoms with Crippen LogP contribution in [0.4, 0.5) is 0 Å². The molecule has 2 aromatic heterocycles. The molecule has 0 aromatic carbocycles. The van der Waals surface area contributed by atoms with Gasteiger partial charge >= 0.3 is 0 Å². The highest BCUT2D eigenvalue weighted by Crippen LogP contribution is 2.17. The summed E-state index contributed by atoms with van der Waals surface area (Å²) in [6, 6.07) is 5.21. The first kappa shape index (κ1) is 14.5. The molecule has 0 saturated carbocycles. The first-order valence-corrected chi connectivity index (χ1v) is 6.84. The third-order valence-corrected chi connectivity index (χ3v) is 3.48. The van der Waals surface area contributed by atoms with Gasteiger partial charge in [-0.25, -0.2) is 4.98 Å². The fourth-order valence-electron chi connectivity index (χ4n) is 2.06. The van der Waals surface area contributed by atoms with Gasteiger partial charge in [-0.15, -0.1) is 0 Å². The van der Waals surface area contributed by atoms with E-state index in [4.69, 9.17) is 11.6 Å². The van der Waals surface area contributed by atoms with E-state index in [0.717, 1.165) is 5.56 Å². The topological polar surface area (TPSA) is 51.0 Å². The molecule has 0 unspecified atom stereocenters. The Balaban J connectivity index is 2.10. The molecule has 20 heavy (non-hydrogen) atoms. The van der Waals surface area contributed by atoms with E-state index >= 15 is 0 Å². The molecule has 0 fully saturated rings. The van der Waals surface area contributed by atoms with Crippen LogP contribution in [-0.4, -0.2) is 32.6 Å². The summed E-state index contributed by atoms with van der Waals surface area (Å²) in [6.07, 6.45) is 5.79. The highest BCUT2D eigenvalue weighted by atomic mass is 35.5. The highest BCUT2D eigenvalue weighted by molar-refractivity contribution is 6.30. The van der Waals surface area contributed by atoms with Crippen LogP contribution in [0.1, 0.15) is 24.9 Å². The van der Waals surface area contributed by atoms with Crippen LogP contribution in [0.15, 0.2) is 36.8 Å². The number of likely N-dealkylation sites (N-methyl/N-ethyl adjacent to an activating group) is 1. The molecule has 1 atom stereocenters. The molecule has 0 aliphatic heterocycles. The molecular weight excluding hydrogens is 276 g/mol. The average Bonchev–Trinajstić information content (AvgIpc) is 2.96. The van der Waals surface area contributed by atoms with Gasteiger partial charge in [0.25, 0.3) is 0 Å². The van der Waals surface area contributed by atoms with Crippen LogP contribution in [0, 0.1) is 0 Å². The van der Waals surface area contributed by atoms with Crippen molar-refractivity contribution in [2.45, 2.75) is 25.9 Å². The molecule has 0 N–H and O–H groups in total. The fraction of sp³-hybridized carbons (Fsp3) is 0.357. The standard InChI is InChI=1S/C14H17ClN4O/c1-3-12(19-9-5-8-17-19)14(20)18(2)10-11-6-4-7-16-13(11)15/h4-9,12H,3,10H2,1-2H3/t12-/m0/s1. The number of pyridine rings is 1. The summed E-state index contributed by atoms with van der Waals surface area (Å²) < 4.78 is 1.68. The predicted octanol–water partition coefficient (Wildman–Crippen LogP) is 2.54. The Labute approximate surface area is 123 Å². The van der Waals surface area contributed by atoms with Crippen molar-refractivity contribution in [1.82, 2.24) is 19.7 Å². The third kappa shape index (κ3) is 3.17. The van der Waals surface area contributed by atoms with Crippen LogP contribution < -0.4 is 0 Å². The Kier molecular flexibility index (Phi) is 4.74. The molecule has 5 nitrogen and oxygen atoms in total. The van der Waals surface area contributed by atoms with Crippen LogP contribution in [-0.2, 0) is 11.3 Å². The van der Waals surface area contributed by atoms with E-state index in [2.05, 4.69) is 10.1 Å². The van der Waals surface area contributed by atoms with Crippen molar-refractivity contribution < 1.29 is 4.79 Å². The molecule has 0 radical (unpaired) electrons. The van der Waals surface area contributed by atoms with Crippen molar-refractivity contribution in [3.8, 4) is 0 Å². The van der Waals surface area contributed by atoms with Gasteiger partial charge in [-0.05, 0) is 18.6 Å². The number of halogens is 1. The van der Waals surface area contributed by atoms with Crippen LogP contribution in [0.3, 0.4) is 0 Å². The van der Waals surface area contributed by atoms with Gasteiger partial charge in [0.05, 0.1) is 0 Å². The molecule has 0 aliphatic carbocycles. The van der Waals surface area contributed by atoms with Gasteiger partial charge in [0.1, 0.15) is 11.2 Å². The maximum Gasteiger partial charge on any atom is 0.247 e. The minimum absolute atomic E-state index is 0.0103. The number of nitrogens with zero attached hydrogens (tertiary/aromatic N) is 4. The molecular formula is C14H17ClN4O. The second kappa shape index (κ2) is 6.52. The second-order valence-electron chi connectivity index (χ2n) is 4.56. The first-order valence-electron chi connectivity index (χ1n) is 6.47. The smallest absolute Gasteiger partial charge is 0.247 e. The normalized spacial score (nSPS) is 12.2. The Bertz CT molecular complexity index is 570. The summed E-state index contributed by atoms with van der Waals surface area (Å²) in [6.45, 7) is 2.40. The lowest BCUT2D eigenvalue weighted by molar-refractivity contribution is -0.134. The monoisotopic (exact) mass is 292 g/mol. The van der Waals surface area contributed by atoms with Gasteiger partial charge in [-0.1, -0.05) is 24.6 Å². The fourth-order valence-corrected chi connectivity index (χ4v) is 2.24. The van der Waals surface area contributed by atoms with Crippen molar-refractivity contribution >= 4 is 17.5 Å². The lowest BCUT2D eigenvalue weighted by Gasteiger charge is -2.23. The number of rotatable bonds is 5. The number of hydrogen-bond donors (Lipinski definition) is 0. The quantitative estimate of drug-likeness (QED) is 0.796. The summed E-state index contributed by atoms with van der Waals surface area (Å²) in [5, 5.41) is 4.58. The zero-order valence-corrected chi connectivity index (χ0v) is 12.3. The van der Waals surface area contributed by atoms with E-state index in [1.165, 1.54) is 0 Å². The minimum Gasteiger partial charge on any atom is -0.339 e. The van der Waals surface area contributed by atoms with Gasteiger partial charge < -0.3 is 4.90 Å². The number of hydrogen-bond acceptors (Lipinski definition) is 3. The van der Waals surface area contributed by atoms with Gasteiger partial charge in [0.2, 0.25) is 5.91 Å². The van der Waals surface area contributed by atoms with E-state index < -0.39 is 0 Å². The molecule has 1 amide bonds. The first-order chi connectivity index (χ1) is 9.63. The number of amides is 1. The molecule has 2 heterocycles. The molecule has 106 valence electrons. The maximum absolute atomic E-state index is 12.5. The molecule has 2 aromatic rings. The number of carbonyl (C=O) groups is 1. The molecule has 0 spiro atoms. The zero-order chi connectivity index (χ0) is 14.5. The van der Waals surface area contributed by atoms with Gasteiger partial charge in [0, 0.05) is 37.7 Å². The van der Waals surface area contributed by atoms with Crippen molar-refractivity contribution in [2.24, 2.45) is 0 Å². The molecule has 0 saturated heterocycles. The van der Waals surface area contributed by atoms with Gasteiger partial charge in [-0.3, -0.25) is 9.48 Å². The van der Waals surface area contributed by atoms with E-state index in [1.807, 2.05) is 25.1 Å². The Morgan fingerprint density at radius 1 is 1.45 bits per heavy atom. The third-order valence-electron chi connectivity index (χ3n) is 3.14. The zero-order valence-electron chi connectivity index (χ0n) is 11.5. The Morgan fingerprint density at radius 3 is 2.85 bits per heavy atom. The SMILES string of the molecule is CC[C@@H](C(=O)N(C)Cc1cccnc1Cl)n1cccn1. The van der Waals surface area contributed by atoms with Crippen molar-refractivity contribution in [2.75, 3.05) is 7.05 Å². The largest absolute Gasteiger partial charge is 0.339 e. The van der Waals surface area contributed by atoms with Gasteiger partial charge in [0.15, 0.2) is 0 Å². The van der Waals surface area contributed by atoms with Crippen LogP contribution in [0.5, 0.6) is 0 Å². The summed E-state index contributed by atoms with van der Waals surface area (Å²) in [7, 11) is 1.76. The van der Waals surface area contributed by atoms with E-state index in [9.17, 15) is 4.79 Å². The Morgan fingerprint density at radius 2 is 2.25 bits per heavy atom. The summed E-state index contributed by atoms with van der Waals surface area (Å²) in [4.78, 5) is 18.2. The van der Waals surface area contributed by atoms with E-state index in [0.29, 0.717) is 18.1 Å². The summed E-state index contributed by atoms with van der Waals surface area (Å²) >= 11 is 6.02.